The van der Waals surface area contributed by atoms with E-state index in [0.29, 0.717) is 13.2 Å². The van der Waals surface area contributed by atoms with Gasteiger partial charge in [-0.3, -0.25) is 14.5 Å². The summed E-state index contributed by atoms with van der Waals surface area (Å²) < 4.78 is 5.30. The van der Waals surface area contributed by atoms with Crippen LogP contribution in [0.2, 0.25) is 0 Å². The fraction of sp³-hybridized carbons (Fsp3) is 0.800. The summed E-state index contributed by atoms with van der Waals surface area (Å²) >= 11 is 0. The summed E-state index contributed by atoms with van der Waals surface area (Å²) in [6, 6.07) is -0.524. The molecule has 0 atom stereocenters. The van der Waals surface area contributed by atoms with Crippen molar-refractivity contribution in [3.05, 3.63) is 0 Å². The van der Waals surface area contributed by atoms with Crippen molar-refractivity contribution in [1.82, 2.24) is 20.9 Å². The van der Waals surface area contributed by atoms with E-state index in [1.165, 1.54) is 0 Å². The van der Waals surface area contributed by atoms with Crippen LogP contribution < -0.4 is 16.0 Å². The van der Waals surface area contributed by atoms with Crippen LogP contribution in [0.1, 0.15) is 26.7 Å². The highest BCUT2D eigenvalue weighted by Crippen LogP contribution is 2.28. The van der Waals surface area contributed by atoms with Gasteiger partial charge in [0.15, 0.2) is 0 Å². The van der Waals surface area contributed by atoms with Gasteiger partial charge >= 0.3 is 6.03 Å². The second-order valence-electron chi connectivity index (χ2n) is 6.91. The molecule has 0 aliphatic carbocycles. The molecule has 2 saturated heterocycles. The fourth-order valence-electron chi connectivity index (χ4n) is 3.08. The number of carbonyl (C=O) groups excluding carboxylic acids is 3. The molecule has 0 aromatic rings. The smallest absolute Gasteiger partial charge is 0.325 e. The zero-order chi connectivity index (χ0) is 17.1. The molecule has 2 aliphatic heterocycles. The number of halogens is 1. The number of hydrogen-bond donors (Lipinski definition) is 3. The van der Waals surface area contributed by atoms with Crippen LogP contribution in [0.5, 0.6) is 0 Å². The van der Waals surface area contributed by atoms with Crippen molar-refractivity contribution < 1.29 is 19.1 Å². The number of carbonyl (C=O) groups is 3. The van der Waals surface area contributed by atoms with E-state index in [4.69, 9.17) is 4.74 Å². The summed E-state index contributed by atoms with van der Waals surface area (Å²) in [4.78, 5) is 37.0. The highest BCUT2D eigenvalue weighted by Gasteiger charge is 2.45. The van der Waals surface area contributed by atoms with Crippen molar-refractivity contribution in [2.45, 2.75) is 32.2 Å². The normalized spacial score (nSPS) is 21.9. The molecule has 138 valence electrons. The van der Waals surface area contributed by atoms with Gasteiger partial charge in [-0.2, -0.15) is 0 Å². The summed E-state index contributed by atoms with van der Waals surface area (Å²) in [5.41, 5.74) is -1.05. The number of urea groups is 1. The Balaban J connectivity index is 0.00000288. The minimum Gasteiger partial charge on any atom is -0.384 e. The first kappa shape index (κ1) is 20.7. The number of piperidine rings is 1. The lowest BCUT2D eigenvalue weighted by Crippen LogP contribution is -2.49. The number of nitrogens with one attached hydrogen (secondary N) is 3. The van der Waals surface area contributed by atoms with Crippen molar-refractivity contribution >= 4 is 30.3 Å². The zero-order valence-electron chi connectivity index (χ0n) is 14.4. The number of hydrogen-bond acceptors (Lipinski definition) is 5. The zero-order valence-corrected chi connectivity index (χ0v) is 15.3. The number of rotatable bonds is 6. The van der Waals surface area contributed by atoms with Gasteiger partial charge in [0, 0.05) is 19.1 Å². The van der Waals surface area contributed by atoms with Crippen molar-refractivity contribution in [3.8, 4) is 0 Å². The molecule has 24 heavy (non-hydrogen) atoms. The van der Waals surface area contributed by atoms with Crippen LogP contribution >= 0.6 is 12.4 Å². The van der Waals surface area contributed by atoms with E-state index in [2.05, 4.69) is 16.0 Å². The van der Waals surface area contributed by atoms with Gasteiger partial charge in [0.05, 0.1) is 6.61 Å². The second-order valence-corrected chi connectivity index (χ2v) is 6.91. The van der Waals surface area contributed by atoms with Crippen molar-refractivity contribution in [2.24, 2.45) is 5.41 Å². The summed E-state index contributed by atoms with van der Waals surface area (Å²) in [7, 11) is 1.65. The molecule has 0 aromatic heterocycles. The maximum absolute atomic E-state index is 12.1. The van der Waals surface area contributed by atoms with Gasteiger partial charge in [-0.25, -0.2) is 4.79 Å². The molecule has 4 amide bonds. The quantitative estimate of drug-likeness (QED) is 0.572. The molecule has 3 N–H and O–H groups in total. The molecular weight excluding hydrogens is 336 g/mol. The third-order valence-corrected chi connectivity index (χ3v) is 4.52. The van der Waals surface area contributed by atoms with E-state index < -0.39 is 11.6 Å². The average molecular weight is 363 g/mol. The fourth-order valence-corrected chi connectivity index (χ4v) is 3.08. The molecule has 0 saturated carbocycles. The Labute approximate surface area is 148 Å². The molecule has 0 aromatic carbocycles. The number of methoxy groups -OCH3 is 1. The Bertz CT molecular complexity index is 486. The summed E-state index contributed by atoms with van der Waals surface area (Å²) in [5.74, 6) is -0.716. The Kier molecular flexibility index (Phi) is 7.00. The Morgan fingerprint density at radius 2 is 1.92 bits per heavy atom. The molecular formula is C15H27ClN4O4. The highest BCUT2D eigenvalue weighted by atomic mass is 35.5. The van der Waals surface area contributed by atoms with Crippen LogP contribution in [0.4, 0.5) is 4.79 Å². The van der Waals surface area contributed by atoms with Crippen LogP contribution in [0.3, 0.4) is 0 Å². The predicted molar refractivity (Wildman–Crippen MR) is 91.0 cm³/mol. The lowest BCUT2D eigenvalue weighted by atomic mass is 9.79. The number of imide groups is 1. The molecule has 8 nitrogen and oxygen atoms in total. The number of nitrogens with zero attached hydrogens (tertiary/aromatic N) is 1. The standard InChI is InChI=1S/C15H26N4O4.ClH/c1-14(2)12(21)19(13(22)18-14)8-11(20)17-9-15(10-23-3)4-6-16-7-5-15;/h16H,4-10H2,1-3H3,(H,17,20)(H,18,22);1H. The lowest BCUT2D eigenvalue weighted by molar-refractivity contribution is -0.134. The van der Waals surface area contributed by atoms with Gasteiger partial charge in [0.25, 0.3) is 5.91 Å². The molecule has 0 radical (unpaired) electrons. The molecule has 2 fully saturated rings. The highest BCUT2D eigenvalue weighted by molar-refractivity contribution is 6.08. The topological polar surface area (TPSA) is 99.8 Å². The first-order valence-electron chi connectivity index (χ1n) is 7.90. The average Bonchev–Trinajstić information content (AvgIpc) is 2.69. The number of amides is 4. The molecule has 0 unspecified atom stereocenters. The van der Waals surface area contributed by atoms with Crippen LogP contribution in [0, 0.1) is 5.41 Å². The van der Waals surface area contributed by atoms with Crippen molar-refractivity contribution in [1.29, 1.82) is 0 Å². The van der Waals surface area contributed by atoms with E-state index in [1.54, 1.807) is 21.0 Å². The first-order valence-corrected chi connectivity index (χ1v) is 7.90. The largest absolute Gasteiger partial charge is 0.384 e. The van der Waals surface area contributed by atoms with E-state index in [9.17, 15) is 14.4 Å². The minimum atomic E-state index is -0.955. The minimum absolute atomic E-state index is 0. The summed E-state index contributed by atoms with van der Waals surface area (Å²) in [6.45, 7) is 5.82. The first-order chi connectivity index (χ1) is 10.8. The van der Waals surface area contributed by atoms with E-state index in [1.807, 2.05) is 0 Å². The molecule has 0 spiro atoms. The lowest BCUT2D eigenvalue weighted by Gasteiger charge is -2.37. The van der Waals surface area contributed by atoms with Gasteiger partial charge in [0.2, 0.25) is 5.91 Å². The second kappa shape index (κ2) is 8.13. The molecule has 2 heterocycles. The van der Waals surface area contributed by atoms with Crippen LogP contribution in [0.15, 0.2) is 0 Å². The van der Waals surface area contributed by atoms with Gasteiger partial charge in [0.1, 0.15) is 12.1 Å². The molecule has 2 rings (SSSR count). The van der Waals surface area contributed by atoms with Gasteiger partial charge in [-0.15, -0.1) is 12.4 Å². The SMILES string of the molecule is COCC1(CNC(=O)CN2C(=O)NC(C)(C)C2=O)CCNCC1.Cl. The van der Waals surface area contributed by atoms with E-state index in [-0.39, 0.29) is 36.2 Å². The maximum Gasteiger partial charge on any atom is 0.325 e. The van der Waals surface area contributed by atoms with Gasteiger partial charge in [-0.1, -0.05) is 0 Å². The molecule has 0 bridgehead atoms. The van der Waals surface area contributed by atoms with E-state index >= 15 is 0 Å². The van der Waals surface area contributed by atoms with Crippen LogP contribution in [-0.2, 0) is 14.3 Å². The Hall–Kier alpha value is -1.38. The third kappa shape index (κ3) is 4.58. The summed E-state index contributed by atoms with van der Waals surface area (Å²) in [6.07, 6.45) is 1.83. The van der Waals surface area contributed by atoms with Crippen LogP contribution in [-0.4, -0.2) is 68.2 Å². The van der Waals surface area contributed by atoms with Gasteiger partial charge < -0.3 is 20.7 Å². The maximum atomic E-state index is 12.1. The monoisotopic (exact) mass is 362 g/mol. The third-order valence-electron chi connectivity index (χ3n) is 4.52. The Morgan fingerprint density at radius 1 is 1.29 bits per heavy atom. The molecule has 9 heteroatoms. The van der Waals surface area contributed by atoms with Crippen molar-refractivity contribution in [3.63, 3.8) is 0 Å². The predicted octanol–water partition coefficient (Wildman–Crippen LogP) is -0.129. The van der Waals surface area contributed by atoms with E-state index in [0.717, 1.165) is 30.8 Å². The number of ether oxygens (including phenoxy) is 1. The summed E-state index contributed by atoms with van der Waals surface area (Å²) in [5, 5.41) is 8.70. The molecule has 2 aliphatic rings. The Morgan fingerprint density at radius 3 is 2.42 bits per heavy atom. The van der Waals surface area contributed by atoms with Crippen molar-refractivity contribution in [2.75, 3.05) is 39.9 Å². The van der Waals surface area contributed by atoms with Gasteiger partial charge in [-0.05, 0) is 39.8 Å². The van der Waals surface area contributed by atoms with Crippen LogP contribution in [0.25, 0.3) is 0 Å².